The molecule has 1 aromatic heterocycles. The van der Waals surface area contributed by atoms with Gasteiger partial charge in [-0.25, -0.2) is 0 Å². The number of thioether (sulfide) groups is 1. The van der Waals surface area contributed by atoms with Crippen molar-refractivity contribution in [1.82, 2.24) is 14.8 Å². The first-order valence-corrected chi connectivity index (χ1v) is 10.5. The number of carbonyl (C=O) groups excluding carboxylic acids is 1. The highest BCUT2D eigenvalue weighted by atomic mass is 32.2. The third-order valence-electron chi connectivity index (χ3n) is 4.68. The van der Waals surface area contributed by atoms with Gasteiger partial charge in [-0.1, -0.05) is 18.2 Å². The molecule has 2 aromatic carbocycles. The first-order chi connectivity index (χ1) is 13.7. The molecule has 1 N–H and O–H groups in total. The lowest BCUT2D eigenvalue weighted by molar-refractivity contribution is -0.118. The summed E-state index contributed by atoms with van der Waals surface area (Å²) in [5.74, 6) is 2.35. The van der Waals surface area contributed by atoms with Crippen molar-refractivity contribution in [2.75, 3.05) is 18.2 Å². The number of hydrogen-bond donors (Lipinski definition) is 1. The zero-order valence-electron chi connectivity index (χ0n) is 15.7. The van der Waals surface area contributed by atoms with Gasteiger partial charge in [0.1, 0.15) is 11.6 Å². The van der Waals surface area contributed by atoms with Crippen molar-refractivity contribution in [2.45, 2.75) is 30.7 Å². The summed E-state index contributed by atoms with van der Waals surface area (Å²) in [5, 5.41) is 11.5. The van der Waals surface area contributed by atoms with Crippen LogP contribution in [0, 0.1) is 0 Å². The van der Waals surface area contributed by atoms with Gasteiger partial charge in [-0.3, -0.25) is 4.79 Å². The predicted molar refractivity (Wildman–Crippen MR) is 111 cm³/mol. The topological polar surface area (TPSA) is 69.0 Å². The normalized spacial score (nSPS) is 13.0. The Morgan fingerprint density at radius 3 is 2.96 bits per heavy atom. The molecule has 3 aromatic rings. The zero-order valence-corrected chi connectivity index (χ0v) is 16.5. The molecule has 144 valence electrons. The van der Waals surface area contributed by atoms with Crippen LogP contribution in [0.3, 0.4) is 0 Å². The third-order valence-corrected chi connectivity index (χ3v) is 5.40. The van der Waals surface area contributed by atoms with E-state index in [2.05, 4.69) is 20.1 Å². The number of fused-ring (bicyclic) bond motifs is 1. The van der Waals surface area contributed by atoms with Crippen LogP contribution in [0.25, 0.3) is 11.4 Å². The summed E-state index contributed by atoms with van der Waals surface area (Å²) in [5.41, 5.74) is 1.72. The molecule has 0 bridgehead atoms. The van der Waals surface area contributed by atoms with Gasteiger partial charge in [-0.15, -0.1) is 22.0 Å². The molecule has 0 spiro atoms. The number of hydrogen-bond acceptors (Lipinski definition) is 5. The quantitative estimate of drug-likeness (QED) is 0.640. The Balaban J connectivity index is 1.41. The maximum atomic E-state index is 12.2. The van der Waals surface area contributed by atoms with Crippen molar-refractivity contribution in [1.29, 1.82) is 0 Å². The molecule has 7 heteroatoms. The molecular weight excluding hydrogens is 372 g/mol. The van der Waals surface area contributed by atoms with Crippen LogP contribution in [0.5, 0.6) is 5.75 Å². The lowest BCUT2D eigenvalue weighted by Crippen LogP contribution is -2.20. The van der Waals surface area contributed by atoms with Crippen molar-refractivity contribution < 1.29 is 9.53 Å². The minimum absolute atomic E-state index is 0.0507. The second kappa shape index (κ2) is 8.48. The Morgan fingerprint density at radius 1 is 1.18 bits per heavy atom. The summed E-state index contributed by atoms with van der Waals surface area (Å²) < 4.78 is 7.88. The Hall–Kier alpha value is -2.80. The van der Waals surface area contributed by atoms with Gasteiger partial charge in [0.15, 0.2) is 12.4 Å². The Labute approximate surface area is 168 Å². The fraction of sp³-hybridized carbons (Fsp3) is 0.286. The summed E-state index contributed by atoms with van der Waals surface area (Å²) >= 11 is 1.63. The number of anilines is 1. The van der Waals surface area contributed by atoms with Crippen molar-refractivity contribution >= 4 is 23.4 Å². The summed E-state index contributed by atoms with van der Waals surface area (Å²) in [6.07, 6.45) is 5.28. The number of aromatic nitrogens is 3. The van der Waals surface area contributed by atoms with E-state index >= 15 is 0 Å². The highest BCUT2D eigenvalue weighted by Crippen LogP contribution is 2.26. The van der Waals surface area contributed by atoms with Crippen LogP contribution in [0.4, 0.5) is 5.69 Å². The van der Waals surface area contributed by atoms with Crippen LogP contribution in [0.1, 0.15) is 18.7 Å². The molecule has 0 fully saturated rings. The van der Waals surface area contributed by atoms with Gasteiger partial charge in [0.25, 0.3) is 5.91 Å². The zero-order chi connectivity index (χ0) is 19.3. The smallest absolute Gasteiger partial charge is 0.262 e. The third kappa shape index (κ3) is 4.20. The average Bonchev–Trinajstić information content (AvgIpc) is 3.17. The number of amides is 1. The second-order valence-electron chi connectivity index (χ2n) is 6.65. The first-order valence-electron chi connectivity index (χ1n) is 9.32. The van der Waals surface area contributed by atoms with Crippen LogP contribution in [-0.4, -0.2) is 33.5 Å². The SMILES string of the molecule is CSc1cccc(NC(=O)COc2cccc(-c3nnc4n3CCCC4)c2)c1. The predicted octanol–water partition coefficient (Wildman–Crippen LogP) is 4.02. The molecule has 1 aliphatic rings. The highest BCUT2D eigenvalue weighted by molar-refractivity contribution is 7.98. The Morgan fingerprint density at radius 2 is 2.07 bits per heavy atom. The largest absolute Gasteiger partial charge is 0.484 e. The van der Waals surface area contributed by atoms with E-state index in [1.165, 1.54) is 0 Å². The maximum absolute atomic E-state index is 12.2. The van der Waals surface area contributed by atoms with E-state index in [-0.39, 0.29) is 12.5 Å². The van der Waals surface area contributed by atoms with Gasteiger partial charge < -0.3 is 14.6 Å². The van der Waals surface area contributed by atoms with Gasteiger partial charge in [-0.05, 0) is 49.4 Å². The van der Waals surface area contributed by atoms with E-state index in [1.807, 2.05) is 54.8 Å². The van der Waals surface area contributed by atoms with Crippen LogP contribution >= 0.6 is 11.8 Å². The second-order valence-corrected chi connectivity index (χ2v) is 7.52. The summed E-state index contributed by atoms with van der Waals surface area (Å²) in [7, 11) is 0. The lowest BCUT2D eigenvalue weighted by Gasteiger charge is -2.15. The summed E-state index contributed by atoms with van der Waals surface area (Å²) in [6, 6.07) is 15.4. The molecule has 1 aliphatic heterocycles. The summed E-state index contributed by atoms with van der Waals surface area (Å²) in [6.45, 7) is 0.894. The van der Waals surface area contributed by atoms with E-state index in [0.29, 0.717) is 5.75 Å². The molecule has 0 aliphatic carbocycles. The lowest BCUT2D eigenvalue weighted by atomic mass is 10.1. The molecule has 4 rings (SSSR count). The van der Waals surface area contributed by atoms with Crippen molar-refractivity contribution in [3.05, 3.63) is 54.4 Å². The number of benzene rings is 2. The molecule has 0 atom stereocenters. The Bertz CT molecular complexity index is 986. The number of ether oxygens (including phenoxy) is 1. The van der Waals surface area contributed by atoms with Crippen molar-refractivity contribution in [3.8, 4) is 17.1 Å². The standard InChI is InChI=1S/C21H22N4O2S/c1-28-18-9-5-7-16(13-18)22-20(26)14-27-17-8-4-6-15(12-17)21-24-23-19-10-2-3-11-25(19)21/h4-9,12-13H,2-3,10-11,14H2,1H3,(H,22,26). The molecule has 1 amide bonds. The molecule has 0 radical (unpaired) electrons. The fourth-order valence-corrected chi connectivity index (χ4v) is 3.75. The monoisotopic (exact) mass is 394 g/mol. The Kier molecular flexibility index (Phi) is 5.62. The van der Waals surface area contributed by atoms with E-state index in [9.17, 15) is 4.79 Å². The number of aryl methyl sites for hydroxylation is 1. The fourth-order valence-electron chi connectivity index (χ4n) is 3.29. The van der Waals surface area contributed by atoms with Crippen molar-refractivity contribution in [3.63, 3.8) is 0 Å². The number of carbonyl (C=O) groups is 1. The van der Waals surface area contributed by atoms with Crippen LogP contribution in [0.15, 0.2) is 53.4 Å². The van der Waals surface area contributed by atoms with E-state index in [0.717, 1.165) is 53.6 Å². The van der Waals surface area contributed by atoms with E-state index in [4.69, 9.17) is 4.74 Å². The minimum atomic E-state index is -0.191. The van der Waals surface area contributed by atoms with Gasteiger partial charge >= 0.3 is 0 Å². The van der Waals surface area contributed by atoms with Crippen LogP contribution in [-0.2, 0) is 17.8 Å². The molecular formula is C21H22N4O2S. The molecule has 0 unspecified atom stereocenters. The van der Waals surface area contributed by atoms with Crippen LogP contribution < -0.4 is 10.1 Å². The minimum Gasteiger partial charge on any atom is -0.484 e. The average molecular weight is 395 g/mol. The summed E-state index contributed by atoms with van der Waals surface area (Å²) in [4.78, 5) is 13.3. The number of nitrogens with one attached hydrogen (secondary N) is 1. The molecule has 0 saturated heterocycles. The molecule has 28 heavy (non-hydrogen) atoms. The molecule has 0 saturated carbocycles. The van der Waals surface area contributed by atoms with Crippen molar-refractivity contribution in [2.24, 2.45) is 0 Å². The molecule has 6 nitrogen and oxygen atoms in total. The maximum Gasteiger partial charge on any atom is 0.262 e. The molecule has 2 heterocycles. The van der Waals surface area contributed by atoms with E-state index < -0.39 is 0 Å². The first kappa shape index (κ1) is 18.6. The van der Waals surface area contributed by atoms with Gasteiger partial charge in [0, 0.05) is 29.1 Å². The van der Waals surface area contributed by atoms with Crippen LogP contribution in [0.2, 0.25) is 0 Å². The van der Waals surface area contributed by atoms with E-state index in [1.54, 1.807) is 11.8 Å². The van der Waals surface area contributed by atoms with Gasteiger partial charge in [0.2, 0.25) is 0 Å². The number of nitrogens with zero attached hydrogens (tertiary/aromatic N) is 3. The van der Waals surface area contributed by atoms with Gasteiger partial charge in [-0.2, -0.15) is 0 Å². The van der Waals surface area contributed by atoms with Gasteiger partial charge in [0.05, 0.1) is 0 Å². The highest BCUT2D eigenvalue weighted by Gasteiger charge is 2.17. The number of rotatable bonds is 6.